The van der Waals surface area contributed by atoms with Gasteiger partial charge in [0.25, 0.3) is 11.6 Å². The molecule has 11 nitrogen and oxygen atoms in total. The van der Waals surface area contributed by atoms with E-state index in [1.165, 1.54) is 13.1 Å². The number of anilines is 2. The molecule has 0 bridgehead atoms. The number of hydrogen-bond acceptors (Lipinski definition) is 8. The van der Waals surface area contributed by atoms with Crippen LogP contribution in [0.25, 0.3) is 0 Å². The number of nitro groups is 1. The smallest absolute Gasteiger partial charge is 0.321 e. The monoisotopic (exact) mass is 470 g/mol. The van der Waals surface area contributed by atoms with Gasteiger partial charge in [-0.25, -0.2) is 8.42 Å². The summed E-state index contributed by atoms with van der Waals surface area (Å²) in [5.74, 6) is -1.65. The van der Waals surface area contributed by atoms with Gasteiger partial charge in [-0.2, -0.15) is 4.72 Å². The van der Waals surface area contributed by atoms with Crippen molar-refractivity contribution in [2.45, 2.75) is 11.8 Å². The summed E-state index contributed by atoms with van der Waals surface area (Å²) in [5, 5.41) is 16.6. The molecule has 166 valence electrons. The summed E-state index contributed by atoms with van der Waals surface area (Å²) in [4.78, 5) is 33.7. The van der Waals surface area contributed by atoms with Crippen LogP contribution in [0.4, 0.5) is 17.1 Å². The molecule has 0 fully saturated rings. The summed E-state index contributed by atoms with van der Waals surface area (Å²) in [7, 11) is -2.78. The zero-order chi connectivity index (χ0) is 23.2. The minimum absolute atomic E-state index is 0.129. The molecule has 1 amide bonds. The highest BCUT2D eigenvalue weighted by atomic mass is 35.5. The minimum atomic E-state index is -4.23. The van der Waals surface area contributed by atoms with E-state index in [2.05, 4.69) is 10.6 Å². The number of carbonyl (C=O) groups is 2. The lowest BCUT2D eigenvalue weighted by atomic mass is 10.2. The van der Waals surface area contributed by atoms with Gasteiger partial charge in [0.15, 0.2) is 6.61 Å². The zero-order valence-electron chi connectivity index (χ0n) is 16.5. The van der Waals surface area contributed by atoms with E-state index in [-0.39, 0.29) is 5.69 Å². The Labute approximate surface area is 182 Å². The number of benzene rings is 2. The average Bonchev–Trinajstić information content (AvgIpc) is 2.73. The second-order valence-corrected chi connectivity index (χ2v) is 8.31. The molecule has 2 aromatic rings. The standard InChI is InChI=1S/C18H19ClN4O7S/c1-11-13(19)4-3-5-14(11)22-17(24)10-30-18(25)9-21-31(28,29)12-6-7-15(20-2)16(8-12)23(26)27/h3-8,20-21H,9-10H2,1-2H3,(H,22,24). The highest BCUT2D eigenvalue weighted by Gasteiger charge is 2.22. The van der Waals surface area contributed by atoms with Crippen molar-refractivity contribution in [3.8, 4) is 0 Å². The van der Waals surface area contributed by atoms with E-state index in [9.17, 15) is 28.1 Å². The lowest BCUT2D eigenvalue weighted by molar-refractivity contribution is -0.384. The summed E-state index contributed by atoms with van der Waals surface area (Å²) < 4.78 is 31.3. The number of rotatable bonds is 9. The third kappa shape index (κ3) is 6.38. The van der Waals surface area contributed by atoms with Gasteiger partial charge in [0.2, 0.25) is 10.0 Å². The maximum Gasteiger partial charge on any atom is 0.321 e. The van der Waals surface area contributed by atoms with Gasteiger partial charge >= 0.3 is 5.97 Å². The first-order valence-electron chi connectivity index (χ1n) is 8.71. The molecule has 13 heteroatoms. The van der Waals surface area contributed by atoms with Crippen molar-refractivity contribution in [2.24, 2.45) is 0 Å². The van der Waals surface area contributed by atoms with Crippen LogP contribution in [0.3, 0.4) is 0 Å². The van der Waals surface area contributed by atoms with E-state index in [0.29, 0.717) is 16.3 Å². The van der Waals surface area contributed by atoms with Gasteiger partial charge in [0.1, 0.15) is 12.2 Å². The Kier molecular flexibility index (Phi) is 7.91. The van der Waals surface area contributed by atoms with Crippen LogP contribution >= 0.6 is 11.6 Å². The fraction of sp³-hybridized carbons (Fsp3) is 0.222. The molecular weight excluding hydrogens is 452 g/mol. The van der Waals surface area contributed by atoms with Crippen molar-refractivity contribution in [2.75, 3.05) is 30.8 Å². The lowest BCUT2D eigenvalue weighted by Crippen LogP contribution is -2.32. The van der Waals surface area contributed by atoms with Crippen molar-refractivity contribution in [3.05, 3.63) is 57.1 Å². The molecule has 0 saturated carbocycles. The van der Waals surface area contributed by atoms with Crippen LogP contribution in [0.15, 0.2) is 41.3 Å². The molecule has 0 aliphatic heterocycles. The van der Waals surface area contributed by atoms with E-state index >= 15 is 0 Å². The first kappa shape index (κ1) is 24.1. The molecule has 2 aromatic carbocycles. The second kappa shape index (κ2) is 10.2. The largest absolute Gasteiger partial charge is 0.455 e. The Morgan fingerprint density at radius 2 is 1.90 bits per heavy atom. The number of nitrogens with zero attached hydrogens (tertiary/aromatic N) is 1. The van der Waals surface area contributed by atoms with Gasteiger partial charge < -0.3 is 15.4 Å². The number of ether oxygens (including phenoxy) is 1. The molecule has 3 N–H and O–H groups in total. The Hall–Kier alpha value is -3.22. The molecule has 0 aromatic heterocycles. The van der Waals surface area contributed by atoms with Crippen LogP contribution in [0, 0.1) is 17.0 Å². The molecule has 0 unspecified atom stereocenters. The zero-order valence-corrected chi connectivity index (χ0v) is 18.0. The van der Waals surface area contributed by atoms with Crippen LogP contribution in [-0.4, -0.2) is 45.4 Å². The van der Waals surface area contributed by atoms with E-state index in [1.54, 1.807) is 25.1 Å². The topological polar surface area (TPSA) is 157 Å². The van der Waals surface area contributed by atoms with Crippen molar-refractivity contribution in [1.82, 2.24) is 4.72 Å². The summed E-state index contributed by atoms with van der Waals surface area (Å²) in [6, 6.07) is 8.15. The predicted octanol–water partition coefficient (Wildman–Crippen LogP) is 2.06. The van der Waals surface area contributed by atoms with Gasteiger partial charge in [0.05, 0.1) is 9.82 Å². The third-order valence-corrected chi connectivity index (χ3v) is 5.87. The third-order valence-electron chi connectivity index (χ3n) is 4.06. The maximum absolute atomic E-state index is 12.3. The van der Waals surface area contributed by atoms with Crippen LogP contribution in [0.1, 0.15) is 5.56 Å². The quantitative estimate of drug-likeness (QED) is 0.285. The van der Waals surface area contributed by atoms with Crippen molar-refractivity contribution in [3.63, 3.8) is 0 Å². The summed E-state index contributed by atoms with van der Waals surface area (Å²) in [6.07, 6.45) is 0. The average molecular weight is 471 g/mol. The highest BCUT2D eigenvalue weighted by molar-refractivity contribution is 7.89. The molecule has 0 aliphatic rings. The summed E-state index contributed by atoms with van der Waals surface area (Å²) >= 11 is 5.96. The van der Waals surface area contributed by atoms with Gasteiger partial charge in [-0.15, -0.1) is 0 Å². The first-order valence-corrected chi connectivity index (χ1v) is 10.6. The van der Waals surface area contributed by atoms with E-state index < -0.39 is 50.6 Å². The van der Waals surface area contributed by atoms with Crippen molar-refractivity contribution >= 4 is 50.6 Å². The number of hydrogen-bond donors (Lipinski definition) is 3. The molecule has 0 spiro atoms. The Bertz CT molecular complexity index is 1120. The van der Waals surface area contributed by atoms with Crippen molar-refractivity contribution < 1.29 is 27.7 Å². The second-order valence-electron chi connectivity index (χ2n) is 6.13. The number of halogens is 1. The van der Waals surface area contributed by atoms with Gasteiger partial charge in [-0.05, 0) is 36.8 Å². The molecule has 0 atom stereocenters. The van der Waals surface area contributed by atoms with E-state index in [1.807, 2.05) is 4.72 Å². The number of sulfonamides is 1. The first-order chi connectivity index (χ1) is 14.5. The van der Waals surface area contributed by atoms with Gasteiger partial charge in [-0.3, -0.25) is 19.7 Å². The fourth-order valence-corrected chi connectivity index (χ4v) is 3.57. The molecule has 31 heavy (non-hydrogen) atoms. The number of nitro benzene ring substituents is 1. The number of carbonyl (C=O) groups excluding carboxylic acids is 2. The Morgan fingerprint density at radius 1 is 1.19 bits per heavy atom. The summed E-state index contributed by atoms with van der Waals surface area (Å²) in [6.45, 7) is 0.286. The molecule has 2 rings (SSSR count). The van der Waals surface area contributed by atoms with E-state index in [0.717, 1.165) is 12.1 Å². The fourth-order valence-electron chi connectivity index (χ4n) is 2.40. The molecular formula is C18H19ClN4O7S. The summed E-state index contributed by atoms with van der Waals surface area (Å²) in [5.41, 5.74) is 0.765. The molecule has 0 heterocycles. The molecule has 0 saturated heterocycles. The van der Waals surface area contributed by atoms with Gasteiger partial charge in [0, 0.05) is 23.8 Å². The number of nitrogens with one attached hydrogen (secondary N) is 3. The molecule has 0 radical (unpaired) electrons. The predicted molar refractivity (Wildman–Crippen MR) is 114 cm³/mol. The van der Waals surface area contributed by atoms with Crippen LogP contribution < -0.4 is 15.4 Å². The normalized spacial score (nSPS) is 10.9. The molecule has 0 aliphatic carbocycles. The Balaban J connectivity index is 1.93. The van der Waals surface area contributed by atoms with Crippen molar-refractivity contribution in [1.29, 1.82) is 0 Å². The number of esters is 1. The minimum Gasteiger partial charge on any atom is -0.455 e. The highest BCUT2D eigenvalue weighted by Crippen LogP contribution is 2.27. The van der Waals surface area contributed by atoms with E-state index in [4.69, 9.17) is 16.3 Å². The van der Waals surface area contributed by atoms with Gasteiger partial charge in [-0.1, -0.05) is 17.7 Å². The maximum atomic E-state index is 12.3. The lowest BCUT2D eigenvalue weighted by Gasteiger charge is -2.10. The van der Waals surface area contributed by atoms with Crippen LogP contribution in [0.5, 0.6) is 0 Å². The van der Waals surface area contributed by atoms with Crippen LogP contribution in [-0.2, 0) is 24.3 Å². The SMILES string of the molecule is CNc1ccc(S(=O)(=O)NCC(=O)OCC(=O)Nc2cccc(Cl)c2C)cc1[N+](=O)[O-]. The van der Waals surface area contributed by atoms with Crippen LogP contribution in [0.2, 0.25) is 5.02 Å². The Morgan fingerprint density at radius 3 is 2.55 bits per heavy atom. The number of amides is 1.